The third-order valence-electron chi connectivity index (χ3n) is 5.65. The summed E-state index contributed by atoms with van der Waals surface area (Å²) in [5.74, 6) is 0.308. The van der Waals surface area contributed by atoms with Crippen molar-refractivity contribution >= 4 is 31.7 Å². The number of benzene rings is 1. The van der Waals surface area contributed by atoms with Gasteiger partial charge in [-0.05, 0) is 42.1 Å². The highest BCUT2D eigenvalue weighted by molar-refractivity contribution is 7.88. The van der Waals surface area contributed by atoms with Gasteiger partial charge < -0.3 is 0 Å². The van der Waals surface area contributed by atoms with Gasteiger partial charge in [0.15, 0.2) is 5.43 Å². The molecule has 0 amide bonds. The highest BCUT2D eigenvalue weighted by Crippen LogP contribution is 2.22. The molecule has 0 aliphatic heterocycles. The van der Waals surface area contributed by atoms with E-state index in [9.17, 15) is 13.2 Å². The van der Waals surface area contributed by atoms with Crippen molar-refractivity contribution in [2.75, 3.05) is 0 Å². The average Bonchev–Trinajstić information content (AvgIpc) is 3.22. The van der Waals surface area contributed by atoms with Crippen molar-refractivity contribution in [3.63, 3.8) is 0 Å². The van der Waals surface area contributed by atoms with Crippen LogP contribution in [-0.4, -0.2) is 33.2 Å². The summed E-state index contributed by atoms with van der Waals surface area (Å²) in [7, 11) is -1.84. The number of hydrogen-bond acceptors (Lipinski definition) is 7. The lowest BCUT2D eigenvalue weighted by Crippen LogP contribution is -2.25. The van der Waals surface area contributed by atoms with Crippen LogP contribution < -0.4 is 10.2 Å². The molecule has 2 aromatic carbocycles. The zero-order chi connectivity index (χ0) is 24.6. The summed E-state index contributed by atoms with van der Waals surface area (Å²) in [5, 5.41) is 5.78. The molecule has 3 aromatic heterocycles. The lowest BCUT2D eigenvalue weighted by Gasteiger charge is -2.07. The summed E-state index contributed by atoms with van der Waals surface area (Å²) in [6, 6.07) is 12.2. The molecule has 1 N–H and O–H groups in total. The van der Waals surface area contributed by atoms with Gasteiger partial charge in [0.05, 0.1) is 29.7 Å². The number of nitrogens with zero attached hydrogens (tertiary/aromatic N) is 5. The highest BCUT2D eigenvalue weighted by Gasteiger charge is 2.14. The van der Waals surface area contributed by atoms with Gasteiger partial charge in [0, 0.05) is 47.5 Å². The second-order valence-corrected chi connectivity index (χ2v) is 10.1. The molecular weight excluding hydrogens is 464 g/mol. The molecule has 0 saturated heterocycles. The predicted molar refractivity (Wildman–Crippen MR) is 134 cm³/mol. The highest BCUT2D eigenvalue weighted by atomic mass is 32.2. The topological polar surface area (TPSA) is 120 Å². The van der Waals surface area contributed by atoms with Crippen LogP contribution in [0, 0.1) is 6.92 Å². The van der Waals surface area contributed by atoms with E-state index < -0.39 is 10.0 Å². The van der Waals surface area contributed by atoms with Gasteiger partial charge in [-0.3, -0.25) is 14.5 Å². The van der Waals surface area contributed by atoms with Gasteiger partial charge in [-0.2, -0.15) is 5.10 Å². The van der Waals surface area contributed by atoms with E-state index in [1.54, 1.807) is 66.6 Å². The number of aryl methyl sites for hydroxylation is 2. The Labute approximate surface area is 201 Å². The summed E-state index contributed by atoms with van der Waals surface area (Å²) >= 11 is 0. The lowest BCUT2D eigenvalue weighted by molar-refractivity contribution is 0.579. The smallest absolute Gasteiger partial charge is 0.216 e. The fourth-order valence-corrected chi connectivity index (χ4v) is 5.01. The zero-order valence-corrected chi connectivity index (χ0v) is 20.0. The predicted octanol–water partition coefficient (Wildman–Crippen LogP) is 2.87. The van der Waals surface area contributed by atoms with Crippen LogP contribution in [0.5, 0.6) is 0 Å². The van der Waals surface area contributed by atoms with E-state index in [1.807, 2.05) is 19.3 Å². The van der Waals surface area contributed by atoms with Gasteiger partial charge in [0.1, 0.15) is 5.82 Å². The molecule has 176 valence electrons. The Balaban J connectivity index is 1.50. The number of pyridine rings is 1. The number of aromatic nitrogens is 5. The quantitative estimate of drug-likeness (QED) is 0.392. The second-order valence-electron chi connectivity index (χ2n) is 8.32. The van der Waals surface area contributed by atoms with Gasteiger partial charge in [0.25, 0.3) is 0 Å². The minimum atomic E-state index is -3.66. The van der Waals surface area contributed by atoms with Crippen LogP contribution in [-0.2, 0) is 29.4 Å². The van der Waals surface area contributed by atoms with Crippen LogP contribution >= 0.6 is 0 Å². The van der Waals surface area contributed by atoms with Crippen molar-refractivity contribution in [1.29, 1.82) is 0 Å². The van der Waals surface area contributed by atoms with Gasteiger partial charge in [-0.1, -0.05) is 18.2 Å². The van der Waals surface area contributed by atoms with Gasteiger partial charge in [-0.15, -0.1) is 0 Å². The van der Waals surface area contributed by atoms with E-state index in [0.717, 1.165) is 11.1 Å². The van der Waals surface area contributed by atoms with Crippen molar-refractivity contribution in [3.05, 3.63) is 94.6 Å². The molecule has 0 bridgehead atoms. The third-order valence-corrected chi connectivity index (χ3v) is 6.95. The number of hydrogen-bond donors (Lipinski definition) is 1. The van der Waals surface area contributed by atoms with E-state index in [1.165, 1.54) is 0 Å². The first-order chi connectivity index (χ1) is 16.8. The first-order valence-electron chi connectivity index (χ1n) is 10.9. The van der Waals surface area contributed by atoms with Crippen LogP contribution in [0.25, 0.3) is 32.8 Å². The molecule has 0 radical (unpaired) electrons. The Morgan fingerprint density at radius 1 is 0.971 bits per heavy atom. The molecule has 3 heterocycles. The molecule has 0 spiro atoms. The number of rotatable bonds is 6. The van der Waals surface area contributed by atoms with Crippen molar-refractivity contribution in [3.8, 4) is 11.1 Å². The molecule has 0 fully saturated rings. The fourth-order valence-electron chi connectivity index (χ4n) is 3.93. The molecule has 0 aliphatic carbocycles. The van der Waals surface area contributed by atoms with Gasteiger partial charge in [0.2, 0.25) is 10.0 Å². The minimum absolute atomic E-state index is 0.0640. The van der Waals surface area contributed by atoms with Crippen LogP contribution in [0.15, 0.2) is 72.0 Å². The van der Waals surface area contributed by atoms with E-state index >= 15 is 0 Å². The van der Waals surface area contributed by atoms with Crippen LogP contribution in [0.3, 0.4) is 0 Å². The standard InChI is InChI=1S/C25H22N6O3S/c1-16-26-8-7-21(30-16)13-29-35(33,34)15-17-3-4-18-5-6-24-23(25(32)22(18)9-17)10-19(11-27-24)20-12-28-31(2)14-20/h3-12,14,29H,13,15H2,1-2H3. The van der Waals surface area contributed by atoms with E-state index in [4.69, 9.17) is 0 Å². The van der Waals surface area contributed by atoms with Gasteiger partial charge in [-0.25, -0.2) is 23.1 Å². The summed E-state index contributed by atoms with van der Waals surface area (Å²) < 4.78 is 29.7. The van der Waals surface area contributed by atoms with Crippen molar-refractivity contribution in [2.45, 2.75) is 19.2 Å². The van der Waals surface area contributed by atoms with Crippen LogP contribution in [0.2, 0.25) is 0 Å². The monoisotopic (exact) mass is 486 g/mol. The Morgan fingerprint density at radius 3 is 2.57 bits per heavy atom. The summed E-state index contributed by atoms with van der Waals surface area (Å²) in [6.07, 6.45) is 6.87. The average molecular weight is 487 g/mol. The SMILES string of the molecule is Cc1nccc(CNS(=O)(=O)Cc2ccc3ccc4ncc(-c5cnn(C)c5)cc4c(=O)c3c2)n1. The molecule has 5 rings (SSSR count). The first kappa shape index (κ1) is 22.8. The number of sulfonamides is 1. The molecule has 0 aliphatic rings. The Kier molecular flexibility index (Phi) is 5.83. The molecular formula is C25H22N6O3S. The maximum atomic E-state index is 13.5. The first-order valence-corrected chi connectivity index (χ1v) is 12.5. The molecule has 0 unspecified atom stereocenters. The summed E-state index contributed by atoms with van der Waals surface area (Å²) in [4.78, 5) is 26.2. The normalized spacial score (nSPS) is 11.8. The fraction of sp³-hybridized carbons (Fsp3) is 0.160. The van der Waals surface area contributed by atoms with Crippen molar-refractivity contribution in [2.24, 2.45) is 7.05 Å². The van der Waals surface area contributed by atoms with Crippen LogP contribution in [0.4, 0.5) is 0 Å². The van der Waals surface area contributed by atoms with Crippen molar-refractivity contribution < 1.29 is 8.42 Å². The zero-order valence-electron chi connectivity index (χ0n) is 19.1. The van der Waals surface area contributed by atoms with E-state index in [0.29, 0.717) is 38.8 Å². The molecule has 9 nitrogen and oxygen atoms in total. The Bertz CT molecular complexity index is 1750. The lowest BCUT2D eigenvalue weighted by atomic mass is 10.1. The third kappa shape index (κ3) is 4.93. The van der Waals surface area contributed by atoms with Gasteiger partial charge >= 0.3 is 0 Å². The molecule has 10 heteroatoms. The summed E-state index contributed by atoms with van der Waals surface area (Å²) in [5.41, 5.74) is 3.09. The molecule has 0 atom stereocenters. The summed E-state index contributed by atoms with van der Waals surface area (Å²) in [6.45, 7) is 1.81. The van der Waals surface area contributed by atoms with E-state index in [2.05, 4.69) is 24.8 Å². The molecule has 5 aromatic rings. The maximum Gasteiger partial charge on any atom is 0.216 e. The van der Waals surface area contributed by atoms with Crippen LogP contribution in [0.1, 0.15) is 17.1 Å². The van der Waals surface area contributed by atoms with Crippen molar-refractivity contribution in [1.82, 2.24) is 29.5 Å². The number of fused-ring (bicyclic) bond motifs is 2. The van der Waals surface area contributed by atoms with E-state index in [-0.39, 0.29) is 17.7 Å². The molecule has 35 heavy (non-hydrogen) atoms. The number of nitrogens with one attached hydrogen (secondary N) is 1. The minimum Gasteiger partial charge on any atom is -0.289 e. The molecule has 0 saturated carbocycles. The Morgan fingerprint density at radius 2 is 1.80 bits per heavy atom. The second kappa shape index (κ2) is 8.97. The maximum absolute atomic E-state index is 13.5. The largest absolute Gasteiger partial charge is 0.289 e. The Hall–Kier alpha value is -4.02.